The molecule has 0 fully saturated rings. The van der Waals surface area contributed by atoms with Gasteiger partial charge in [-0.25, -0.2) is 0 Å². The molecule has 0 saturated heterocycles. The topological polar surface area (TPSA) is 48.2 Å². The Kier molecular flexibility index (Phi) is 4.59. The highest BCUT2D eigenvalue weighted by molar-refractivity contribution is 9.11. The Morgan fingerprint density at radius 1 is 1.05 bits per heavy atom. The van der Waals surface area contributed by atoms with Gasteiger partial charge >= 0.3 is 0 Å². The lowest BCUT2D eigenvalue weighted by atomic mass is 10.2. The third-order valence-electron chi connectivity index (χ3n) is 3.01. The summed E-state index contributed by atoms with van der Waals surface area (Å²) in [6.07, 6.45) is -0.345. The molecular weight excluding hydrogens is 412 g/mol. The summed E-state index contributed by atoms with van der Waals surface area (Å²) in [4.78, 5) is 0. The van der Waals surface area contributed by atoms with E-state index in [4.69, 9.17) is 9.15 Å². The largest absolute Gasteiger partial charge is 0.480 e. The molecule has 1 heterocycles. The van der Waals surface area contributed by atoms with Gasteiger partial charge in [-0.15, -0.1) is 10.2 Å². The van der Waals surface area contributed by atoms with E-state index in [0.717, 1.165) is 20.3 Å². The van der Waals surface area contributed by atoms with Gasteiger partial charge in [0.2, 0.25) is 5.89 Å². The summed E-state index contributed by atoms with van der Waals surface area (Å²) in [6.45, 7) is 1.87. The minimum Gasteiger partial charge on any atom is -0.480 e. The van der Waals surface area contributed by atoms with Gasteiger partial charge < -0.3 is 9.15 Å². The number of hydrogen-bond donors (Lipinski definition) is 0. The minimum atomic E-state index is -0.345. The minimum absolute atomic E-state index is 0.345. The Balaban J connectivity index is 1.78. The number of ether oxygens (including phenoxy) is 1. The van der Waals surface area contributed by atoms with E-state index in [1.807, 2.05) is 55.5 Å². The van der Waals surface area contributed by atoms with Crippen LogP contribution in [0.2, 0.25) is 0 Å². The van der Waals surface area contributed by atoms with Crippen LogP contribution in [0.25, 0.3) is 11.5 Å². The highest BCUT2D eigenvalue weighted by atomic mass is 79.9. The van der Waals surface area contributed by atoms with E-state index in [1.54, 1.807) is 0 Å². The molecule has 1 unspecified atom stereocenters. The molecule has 1 aromatic heterocycles. The molecule has 0 radical (unpaired) electrons. The van der Waals surface area contributed by atoms with Crippen molar-refractivity contribution in [2.75, 3.05) is 0 Å². The second-order valence-electron chi connectivity index (χ2n) is 4.65. The fourth-order valence-electron chi connectivity index (χ4n) is 1.91. The van der Waals surface area contributed by atoms with Crippen molar-refractivity contribution in [2.45, 2.75) is 13.0 Å². The zero-order chi connectivity index (χ0) is 15.5. The first-order valence-electron chi connectivity index (χ1n) is 6.64. The van der Waals surface area contributed by atoms with Crippen molar-refractivity contribution in [3.8, 4) is 17.2 Å². The van der Waals surface area contributed by atoms with Gasteiger partial charge in [0.05, 0.1) is 4.47 Å². The van der Waals surface area contributed by atoms with Crippen molar-refractivity contribution < 1.29 is 9.15 Å². The van der Waals surface area contributed by atoms with Crippen molar-refractivity contribution in [3.05, 3.63) is 63.4 Å². The van der Waals surface area contributed by atoms with E-state index in [1.165, 1.54) is 0 Å². The Hall–Kier alpha value is -1.66. The summed E-state index contributed by atoms with van der Waals surface area (Å²) in [6, 6.07) is 15.4. The maximum absolute atomic E-state index is 5.87. The van der Waals surface area contributed by atoms with Crippen molar-refractivity contribution in [2.24, 2.45) is 0 Å². The van der Waals surface area contributed by atoms with Crippen LogP contribution in [-0.2, 0) is 0 Å². The van der Waals surface area contributed by atoms with E-state index in [2.05, 4.69) is 42.1 Å². The second-order valence-corrected chi connectivity index (χ2v) is 6.42. The predicted octanol–water partition coefficient (Wildman–Crippen LogP) is 5.40. The molecule has 1 atom stereocenters. The van der Waals surface area contributed by atoms with Crippen molar-refractivity contribution >= 4 is 31.9 Å². The Bertz CT molecular complexity index is 775. The first-order chi connectivity index (χ1) is 10.6. The summed E-state index contributed by atoms with van der Waals surface area (Å²) in [5.74, 6) is 1.64. The van der Waals surface area contributed by atoms with Crippen molar-refractivity contribution in [3.63, 3.8) is 0 Å². The molecular formula is C16H12Br2N2O2. The summed E-state index contributed by atoms with van der Waals surface area (Å²) >= 11 is 6.88. The van der Waals surface area contributed by atoms with Crippen LogP contribution in [0.3, 0.4) is 0 Å². The maximum atomic E-state index is 5.87. The van der Waals surface area contributed by atoms with Crippen LogP contribution >= 0.6 is 31.9 Å². The lowest BCUT2D eigenvalue weighted by molar-refractivity contribution is 0.188. The van der Waals surface area contributed by atoms with Crippen LogP contribution in [-0.4, -0.2) is 10.2 Å². The number of nitrogens with zero attached hydrogens (tertiary/aromatic N) is 2. The summed E-state index contributed by atoms with van der Waals surface area (Å²) < 4.78 is 13.4. The predicted molar refractivity (Wildman–Crippen MR) is 90.6 cm³/mol. The molecule has 112 valence electrons. The Morgan fingerprint density at radius 3 is 2.55 bits per heavy atom. The van der Waals surface area contributed by atoms with Crippen molar-refractivity contribution in [1.29, 1.82) is 0 Å². The van der Waals surface area contributed by atoms with E-state index in [9.17, 15) is 0 Å². The van der Waals surface area contributed by atoms with Crippen LogP contribution in [0.1, 0.15) is 18.9 Å². The fraction of sp³-hybridized carbons (Fsp3) is 0.125. The maximum Gasteiger partial charge on any atom is 0.257 e. The fourth-order valence-corrected chi connectivity index (χ4v) is 3.05. The summed E-state index contributed by atoms with van der Waals surface area (Å²) in [5.41, 5.74) is 0.887. The smallest absolute Gasteiger partial charge is 0.257 e. The zero-order valence-electron chi connectivity index (χ0n) is 11.7. The quantitative estimate of drug-likeness (QED) is 0.563. The highest BCUT2D eigenvalue weighted by Crippen LogP contribution is 2.32. The molecule has 0 spiro atoms. The highest BCUT2D eigenvalue weighted by Gasteiger charge is 2.17. The number of aromatic nitrogens is 2. The van der Waals surface area contributed by atoms with Crippen LogP contribution in [0.4, 0.5) is 0 Å². The molecule has 6 heteroatoms. The number of hydrogen-bond acceptors (Lipinski definition) is 4. The van der Waals surface area contributed by atoms with Gasteiger partial charge in [-0.3, -0.25) is 0 Å². The van der Waals surface area contributed by atoms with Gasteiger partial charge in [0.15, 0.2) is 6.10 Å². The first kappa shape index (κ1) is 15.2. The van der Waals surface area contributed by atoms with Gasteiger partial charge in [-0.2, -0.15) is 0 Å². The molecule has 0 aliphatic heterocycles. The molecule has 0 bridgehead atoms. The van der Waals surface area contributed by atoms with E-state index in [-0.39, 0.29) is 6.10 Å². The Morgan fingerprint density at radius 2 is 1.82 bits per heavy atom. The van der Waals surface area contributed by atoms with E-state index in [0.29, 0.717) is 11.8 Å². The lowest BCUT2D eigenvalue weighted by Crippen LogP contribution is -2.03. The number of rotatable bonds is 4. The average Bonchev–Trinajstić information content (AvgIpc) is 3.01. The second kappa shape index (κ2) is 6.62. The normalized spacial score (nSPS) is 12.1. The molecule has 0 amide bonds. The van der Waals surface area contributed by atoms with Crippen LogP contribution in [0, 0.1) is 0 Å². The summed E-state index contributed by atoms with van der Waals surface area (Å²) in [5, 5.41) is 8.14. The van der Waals surface area contributed by atoms with Gasteiger partial charge in [-0.05, 0) is 53.2 Å². The van der Waals surface area contributed by atoms with Gasteiger partial charge in [0.25, 0.3) is 5.89 Å². The molecule has 22 heavy (non-hydrogen) atoms. The SMILES string of the molecule is CC(Oc1ccc(Br)cc1Br)c1nnc(-c2ccccc2)o1. The lowest BCUT2D eigenvalue weighted by Gasteiger charge is -2.12. The standard InChI is InChI=1S/C16H12Br2N2O2/c1-10(21-14-8-7-12(17)9-13(14)18)15-19-20-16(22-15)11-5-3-2-4-6-11/h2-10H,1H3. The van der Waals surface area contributed by atoms with Crippen LogP contribution in [0.5, 0.6) is 5.75 Å². The molecule has 0 saturated carbocycles. The molecule has 4 nitrogen and oxygen atoms in total. The molecule has 0 aliphatic rings. The number of benzene rings is 2. The van der Waals surface area contributed by atoms with Crippen LogP contribution in [0.15, 0.2) is 61.9 Å². The monoisotopic (exact) mass is 422 g/mol. The zero-order valence-corrected chi connectivity index (χ0v) is 14.8. The van der Waals surface area contributed by atoms with E-state index >= 15 is 0 Å². The molecule has 3 rings (SSSR count). The van der Waals surface area contributed by atoms with Gasteiger partial charge in [0, 0.05) is 10.0 Å². The van der Waals surface area contributed by atoms with E-state index < -0.39 is 0 Å². The summed E-state index contributed by atoms with van der Waals surface area (Å²) in [7, 11) is 0. The third-order valence-corrected chi connectivity index (χ3v) is 4.12. The Labute approximate surface area is 144 Å². The van der Waals surface area contributed by atoms with Gasteiger partial charge in [0.1, 0.15) is 5.75 Å². The number of halogens is 2. The molecule has 0 aliphatic carbocycles. The van der Waals surface area contributed by atoms with Crippen LogP contribution < -0.4 is 4.74 Å². The van der Waals surface area contributed by atoms with Gasteiger partial charge in [-0.1, -0.05) is 34.1 Å². The molecule has 0 N–H and O–H groups in total. The third kappa shape index (κ3) is 3.39. The average molecular weight is 424 g/mol. The molecule has 3 aromatic rings. The van der Waals surface area contributed by atoms with Crippen molar-refractivity contribution in [1.82, 2.24) is 10.2 Å². The first-order valence-corrected chi connectivity index (χ1v) is 8.22. The molecule has 2 aromatic carbocycles.